The number of rotatable bonds is 3. The average molecular weight is 673 g/mol. The van der Waals surface area contributed by atoms with Crippen molar-refractivity contribution in [3.63, 3.8) is 0 Å². The van der Waals surface area contributed by atoms with Gasteiger partial charge in [-0.3, -0.25) is 0 Å². The first kappa shape index (κ1) is 24.6. The zero-order valence-electron chi connectivity index (χ0n) is 21.5. The fourth-order valence-corrected chi connectivity index (χ4v) is 5.50. The number of furan rings is 2. The first-order chi connectivity index (χ1) is 17.9. The van der Waals surface area contributed by atoms with E-state index in [0.29, 0.717) is 0 Å². The maximum Gasteiger partial charge on any atom is 0.139 e. The van der Waals surface area contributed by atoms with Gasteiger partial charge in [0.1, 0.15) is 22.3 Å². The van der Waals surface area contributed by atoms with Gasteiger partial charge in [0.2, 0.25) is 0 Å². The number of para-hydroxylation sites is 2. The molecule has 0 fully saturated rings. The van der Waals surface area contributed by atoms with Crippen LogP contribution >= 0.6 is 0 Å². The SMILES string of the molecule is CC(C)(C)Cc1cc[c-]c(-c2cc(-c3c4c(cc5oc6ccccc6c35)oc3ccccc34)ccn2)c1.[Ir]. The van der Waals surface area contributed by atoms with Crippen LogP contribution in [0.4, 0.5) is 0 Å². The van der Waals surface area contributed by atoms with Crippen LogP contribution in [0.3, 0.4) is 0 Å². The van der Waals surface area contributed by atoms with E-state index in [0.717, 1.165) is 72.7 Å². The molecule has 38 heavy (non-hydrogen) atoms. The molecule has 0 aliphatic rings. The van der Waals surface area contributed by atoms with Crippen LogP contribution in [-0.2, 0) is 26.5 Å². The molecule has 0 aliphatic carbocycles. The Morgan fingerprint density at radius 3 is 2.00 bits per heavy atom. The van der Waals surface area contributed by atoms with Crippen molar-refractivity contribution in [3.8, 4) is 22.4 Å². The van der Waals surface area contributed by atoms with Crippen LogP contribution in [0, 0.1) is 11.5 Å². The van der Waals surface area contributed by atoms with Gasteiger partial charge in [-0.15, -0.1) is 35.4 Å². The number of hydrogen-bond acceptors (Lipinski definition) is 3. The molecule has 0 saturated carbocycles. The fourth-order valence-electron chi connectivity index (χ4n) is 5.50. The van der Waals surface area contributed by atoms with Gasteiger partial charge in [0.05, 0.1) is 0 Å². The molecular weight excluding hydrogens is 647 g/mol. The van der Waals surface area contributed by atoms with Gasteiger partial charge in [-0.2, -0.15) is 0 Å². The third kappa shape index (κ3) is 4.15. The molecule has 0 bridgehead atoms. The molecule has 3 aromatic heterocycles. The second-order valence-electron chi connectivity index (χ2n) is 11.0. The number of benzene rings is 4. The zero-order valence-corrected chi connectivity index (χ0v) is 23.9. The Kier molecular flexibility index (Phi) is 5.98. The molecule has 0 unspecified atom stereocenters. The number of aromatic nitrogens is 1. The summed E-state index contributed by atoms with van der Waals surface area (Å²) in [7, 11) is 0. The Hall–Kier alpha value is -3.72. The first-order valence-corrected chi connectivity index (χ1v) is 12.7. The summed E-state index contributed by atoms with van der Waals surface area (Å²) >= 11 is 0. The van der Waals surface area contributed by atoms with E-state index in [1.807, 2.05) is 42.6 Å². The molecule has 0 saturated heterocycles. The molecular formula is C34H26IrNO2-. The van der Waals surface area contributed by atoms with E-state index < -0.39 is 0 Å². The fraction of sp³-hybridized carbons (Fsp3) is 0.147. The predicted octanol–water partition coefficient (Wildman–Crippen LogP) is 9.60. The molecule has 0 aliphatic heterocycles. The third-order valence-corrected chi connectivity index (χ3v) is 6.93. The van der Waals surface area contributed by atoms with Crippen molar-refractivity contribution in [2.24, 2.45) is 5.41 Å². The predicted molar refractivity (Wildman–Crippen MR) is 152 cm³/mol. The van der Waals surface area contributed by atoms with E-state index in [4.69, 9.17) is 13.8 Å². The monoisotopic (exact) mass is 673 g/mol. The van der Waals surface area contributed by atoms with Crippen molar-refractivity contribution >= 4 is 43.9 Å². The van der Waals surface area contributed by atoms with Gasteiger partial charge in [-0.05, 0) is 41.3 Å². The van der Waals surface area contributed by atoms with Crippen molar-refractivity contribution in [1.82, 2.24) is 4.98 Å². The number of hydrogen-bond donors (Lipinski definition) is 0. The summed E-state index contributed by atoms with van der Waals surface area (Å²) in [5.41, 5.74) is 8.96. The van der Waals surface area contributed by atoms with Crippen molar-refractivity contribution < 1.29 is 28.9 Å². The molecule has 0 N–H and O–H groups in total. The Bertz CT molecular complexity index is 1870. The smallest absolute Gasteiger partial charge is 0.139 e. The molecule has 3 nitrogen and oxygen atoms in total. The van der Waals surface area contributed by atoms with E-state index in [1.54, 1.807) is 0 Å². The Morgan fingerprint density at radius 2 is 1.37 bits per heavy atom. The van der Waals surface area contributed by atoms with Crippen molar-refractivity contribution in [1.29, 1.82) is 0 Å². The molecule has 1 radical (unpaired) electrons. The number of nitrogens with zero attached hydrogens (tertiary/aromatic N) is 1. The standard InChI is InChI=1S/C34H26NO2.Ir/c1-34(2,3)20-21-9-8-10-22(17-21)26-18-23(15-16-35-26)31-32-24-11-4-6-13-27(24)36-29(32)19-30-33(31)25-12-5-7-14-28(25)37-30;/h4-9,11-19H,20H2,1-3H3;/q-1;. The normalized spacial score (nSPS) is 12.0. The Morgan fingerprint density at radius 1 is 0.737 bits per heavy atom. The van der Waals surface area contributed by atoms with Gasteiger partial charge in [0.15, 0.2) is 0 Å². The van der Waals surface area contributed by atoms with Gasteiger partial charge >= 0.3 is 0 Å². The van der Waals surface area contributed by atoms with Crippen LogP contribution in [0.15, 0.2) is 100.0 Å². The van der Waals surface area contributed by atoms with Crippen molar-refractivity contribution in [2.75, 3.05) is 0 Å². The third-order valence-electron chi connectivity index (χ3n) is 6.93. The molecule has 0 atom stereocenters. The molecule has 3 heterocycles. The summed E-state index contributed by atoms with van der Waals surface area (Å²) in [6, 6.07) is 32.5. The quantitative estimate of drug-likeness (QED) is 0.176. The van der Waals surface area contributed by atoms with E-state index in [9.17, 15) is 0 Å². The topological polar surface area (TPSA) is 39.2 Å². The average Bonchev–Trinajstić information content (AvgIpc) is 3.44. The van der Waals surface area contributed by atoms with Gasteiger partial charge in [0, 0.05) is 59.5 Å². The van der Waals surface area contributed by atoms with Crippen LogP contribution in [0.1, 0.15) is 26.3 Å². The summed E-state index contributed by atoms with van der Waals surface area (Å²) in [6.07, 6.45) is 2.89. The summed E-state index contributed by atoms with van der Waals surface area (Å²) in [6.45, 7) is 6.79. The van der Waals surface area contributed by atoms with Crippen molar-refractivity contribution in [3.05, 3.63) is 103 Å². The van der Waals surface area contributed by atoms with Crippen LogP contribution in [0.25, 0.3) is 66.3 Å². The maximum absolute atomic E-state index is 6.31. The molecule has 189 valence electrons. The molecule has 4 aromatic carbocycles. The Labute approximate surface area is 234 Å². The molecule has 4 heteroatoms. The van der Waals surface area contributed by atoms with Gasteiger partial charge in [-0.25, -0.2) is 0 Å². The van der Waals surface area contributed by atoms with Crippen LogP contribution in [0.5, 0.6) is 0 Å². The second-order valence-corrected chi connectivity index (χ2v) is 11.0. The minimum atomic E-state index is 0. The largest absolute Gasteiger partial charge is 0.456 e. The zero-order chi connectivity index (χ0) is 25.1. The number of fused-ring (bicyclic) bond motifs is 6. The number of pyridine rings is 1. The van der Waals surface area contributed by atoms with Crippen LogP contribution in [0.2, 0.25) is 0 Å². The maximum atomic E-state index is 6.31. The Balaban J connectivity index is 0.00000264. The van der Waals surface area contributed by atoms with Gasteiger partial charge < -0.3 is 13.8 Å². The van der Waals surface area contributed by atoms with E-state index in [2.05, 4.69) is 75.4 Å². The summed E-state index contributed by atoms with van der Waals surface area (Å²) in [4.78, 5) is 4.75. The van der Waals surface area contributed by atoms with Crippen LogP contribution in [-0.4, -0.2) is 4.98 Å². The molecule has 7 rings (SSSR count). The molecule has 7 aromatic rings. The van der Waals surface area contributed by atoms with Gasteiger partial charge in [0.25, 0.3) is 0 Å². The van der Waals surface area contributed by atoms with E-state index in [1.165, 1.54) is 5.56 Å². The molecule has 0 spiro atoms. The minimum Gasteiger partial charge on any atom is -0.456 e. The molecule has 0 amide bonds. The minimum absolute atomic E-state index is 0. The van der Waals surface area contributed by atoms with Gasteiger partial charge in [-0.1, -0.05) is 63.2 Å². The first-order valence-electron chi connectivity index (χ1n) is 12.7. The van der Waals surface area contributed by atoms with E-state index in [-0.39, 0.29) is 25.5 Å². The summed E-state index contributed by atoms with van der Waals surface area (Å²) < 4.78 is 12.6. The van der Waals surface area contributed by atoms with E-state index >= 15 is 0 Å². The van der Waals surface area contributed by atoms with Crippen molar-refractivity contribution in [2.45, 2.75) is 27.2 Å². The summed E-state index contributed by atoms with van der Waals surface area (Å²) in [5.74, 6) is 0. The second kappa shape index (κ2) is 9.23. The summed E-state index contributed by atoms with van der Waals surface area (Å²) in [5, 5.41) is 4.38. The van der Waals surface area contributed by atoms with Crippen LogP contribution < -0.4 is 0 Å².